The van der Waals surface area contributed by atoms with Crippen molar-refractivity contribution in [1.82, 2.24) is 0 Å². The van der Waals surface area contributed by atoms with E-state index in [1.807, 2.05) is 12.1 Å². The molecule has 0 saturated heterocycles. The highest BCUT2D eigenvalue weighted by Gasteiger charge is 2.15. The van der Waals surface area contributed by atoms with Crippen molar-refractivity contribution < 1.29 is 5.11 Å². The summed E-state index contributed by atoms with van der Waals surface area (Å²) in [6, 6.07) is 37.9. The van der Waals surface area contributed by atoms with E-state index in [1.165, 1.54) is 27.0 Å². The minimum Gasteiger partial charge on any atom is -0.508 e. The fourth-order valence-corrected chi connectivity index (χ4v) is 5.50. The van der Waals surface area contributed by atoms with Gasteiger partial charge in [0.1, 0.15) is 5.75 Å². The van der Waals surface area contributed by atoms with Crippen LogP contribution in [0.3, 0.4) is 0 Å². The summed E-state index contributed by atoms with van der Waals surface area (Å²) in [6.07, 6.45) is 0.870. The maximum atomic E-state index is 9.44. The molecule has 0 fully saturated rings. The summed E-state index contributed by atoms with van der Waals surface area (Å²) in [4.78, 5) is 0. The summed E-state index contributed by atoms with van der Waals surface area (Å²) in [6.45, 7) is 0. The van der Waals surface area contributed by atoms with E-state index >= 15 is 0 Å². The molecule has 4 aromatic rings. The van der Waals surface area contributed by atoms with Crippen LogP contribution in [0.2, 0.25) is 0 Å². The summed E-state index contributed by atoms with van der Waals surface area (Å²) < 4.78 is 0. The SMILES string of the molecule is Oc1ccc(Cc2ccc(P(c3ccccc3)c3ccccc3)cc2)cc1. The molecule has 1 N–H and O–H groups in total. The highest BCUT2D eigenvalue weighted by molar-refractivity contribution is 7.79. The molecule has 0 aliphatic rings. The lowest BCUT2D eigenvalue weighted by molar-refractivity contribution is 0.475. The smallest absolute Gasteiger partial charge is 0.115 e. The molecule has 2 heteroatoms. The normalized spacial score (nSPS) is 10.9. The molecule has 0 spiro atoms. The topological polar surface area (TPSA) is 20.2 Å². The maximum absolute atomic E-state index is 9.44. The average Bonchev–Trinajstić information content (AvgIpc) is 2.73. The average molecular weight is 368 g/mol. The number of rotatable bonds is 5. The lowest BCUT2D eigenvalue weighted by Crippen LogP contribution is -2.20. The number of hydrogen-bond acceptors (Lipinski definition) is 1. The van der Waals surface area contributed by atoms with Gasteiger partial charge < -0.3 is 5.11 Å². The second-order valence-corrected chi connectivity index (χ2v) is 8.74. The van der Waals surface area contributed by atoms with Gasteiger partial charge in [0.15, 0.2) is 0 Å². The highest BCUT2D eigenvalue weighted by Crippen LogP contribution is 2.32. The first-order chi connectivity index (χ1) is 13.3. The summed E-state index contributed by atoms with van der Waals surface area (Å²) in [5.41, 5.74) is 2.48. The van der Waals surface area contributed by atoms with Crippen LogP contribution >= 0.6 is 7.92 Å². The van der Waals surface area contributed by atoms with Gasteiger partial charge in [0.2, 0.25) is 0 Å². The molecular weight excluding hydrogens is 347 g/mol. The van der Waals surface area contributed by atoms with Gasteiger partial charge >= 0.3 is 0 Å². The zero-order valence-electron chi connectivity index (χ0n) is 15.0. The third-order valence-corrected chi connectivity index (χ3v) is 7.01. The van der Waals surface area contributed by atoms with Gasteiger partial charge in [0.25, 0.3) is 0 Å². The van der Waals surface area contributed by atoms with Crippen LogP contribution in [-0.4, -0.2) is 5.11 Å². The summed E-state index contributed by atoms with van der Waals surface area (Å²) in [5.74, 6) is 0.311. The lowest BCUT2D eigenvalue weighted by atomic mass is 10.1. The standard InChI is InChI=1S/C25H21OP/c26-22-15-11-20(12-16-22)19-21-13-17-25(18-14-21)27(23-7-3-1-4-8-23)24-9-5-2-6-10-24/h1-18,26H,19H2. The molecule has 4 rings (SSSR count). The molecule has 1 nitrogen and oxygen atoms in total. The van der Waals surface area contributed by atoms with Gasteiger partial charge in [0, 0.05) is 0 Å². The lowest BCUT2D eigenvalue weighted by Gasteiger charge is -2.19. The van der Waals surface area contributed by atoms with Gasteiger partial charge in [-0.1, -0.05) is 97.1 Å². The van der Waals surface area contributed by atoms with E-state index in [4.69, 9.17) is 0 Å². The summed E-state index contributed by atoms with van der Waals surface area (Å²) >= 11 is 0. The Kier molecular flexibility index (Phi) is 5.32. The van der Waals surface area contributed by atoms with Crippen molar-refractivity contribution in [2.75, 3.05) is 0 Å². The predicted molar refractivity (Wildman–Crippen MR) is 116 cm³/mol. The zero-order chi connectivity index (χ0) is 18.5. The van der Waals surface area contributed by atoms with E-state index in [1.54, 1.807) is 12.1 Å². The Hall–Kier alpha value is -2.89. The van der Waals surface area contributed by atoms with Crippen LogP contribution in [0.4, 0.5) is 0 Å². The first kappa shape index (κ1) is 17.5. The van der Waals surface area contributed by atoms with Gasteiger partial charge in [-0.2, -0.15) is 0 Å². The van der Waals surface area contributed by atoms with Crippen LogP contribution in [0.25, 0.3) is 0 Å². The molecule has 132 valence electrons. The fraction of sp³-hybridized carbons (Fsp3) is 0.0400. The van der Waals surface area contributed by atoms with E-state index in [9.17, 15) is 5.11 Å². The molecule has 0 radical (unpaired) electrons. The number of phenolic OH excluding ortho intramolecular Hbond substituents is 1. The molecule has 0 heterocycles. The van der Waals surface area contributed by atoms with Crippen molar-refractivity contribution in [2.24, 2.45) is 0 Å². The Morgan fingerprint density at radius 1 is 0.481 bits per heavy atom. The zero-order valence-corrected chi connectivity index (χ0v) is 15.9. The van der Waals surface area contributed by atoms with Gasteiger partial charge in [-0.15, -0.1) is 0 Å². The van der Waals surface area contributed by atoms with Crippen molar-refractivity contribution >= 4 is 23.8 Å². The molecule has 27 heavy (non-hydrogen) atoms. The largest absolute Gasteiger partial charge is 0.508 e. The number of hydrogen-bond donors (Lipinski definition) is 1. The molecule has 0 bridgehead atoms. The third-order valence-electron chi connectivity index (χ3n) is 4.57. The van der Waals surface area contributed by atoms with Gasteiger partial charge in [-0.3, -0.25) is 0 Å². The van der Waals surface area contributed by atoms with Crippen molar-refractivity contribution in [2.45, 2.75) is 6.42 Å². The molecule has 0 saturated carbocycles. The quantitative estimate of drug-likeness (QED) is 0.505. The minimum atomic E-state index is -0.555. The second kappa shape index (κ2) is 8.20. The van der Waals surface area contributed by atoms with Crippen LogP contribution in [-0.2, 0) is 6.42 Å². The Morgan fingerprint density at radius 3 is 1.37 bits per heavy atom. The molecule has 0 amide bonds. The van der Waals surface area contributed by atoms with E-state index in [0.29, 0.717) is 5.75 Å². The van der Waals surface area contributed by atoms with Crippen LogP contribution < -0.4 is 15.9 Å². The Labute approximate surface area is 161 Å². The molecular formula is C25H21OP. The first-order valence-corrected chi connectivity index (χ1v) is 10.4. The third kappa shape index (κ3) is 4.27. The van der Waals surface area contributed by atoms with Crippen molar-refractivity contribution in [3.05, 3.63) is 120 Å². The molecule has 0 unspecified atom stereocenters. The van der Waals surface area contributed by atoms with E-state index in [-0.39, 0.29) is 0 Å². The van der Waals surface area contributed by atoms with Gasteiger partial charge in [-0.05, 0) is 53.5 Å². The number of phenols is 1. The van der Waals surface area contributed by atoms with E-state index in [0.717, 1.165) is 6.42 Å². The first-order valence-electron chi connectivity index (χ1n) is 9.07. The van der Waals surface area contributed by atoms with Gasteiger partial charge in [0.05, 0.1) is 0 Å². The number of benzene rings is 4. The molecule has 0 aliphatic heterocycles. The van der Waals surface area contributed by atoms with Crippen LogP contribution in [0.15, 0.2) is 109 Å². The Bertz CT molecular complexity index is 938. The van der Waals surface area contributed by atoms with Crippen LogP contribution in [0.5, 0.6) is 5.75 Å². The summed E-state index contributed by atoms with van der Waals surface area (Å²) in [7, 11) is -0.555. The monoisotopic (exact) mass is 368 g/mol. The van der Waals surface area contributed by atoms with Crippen LogP contribution in [0, 0.1) is 0 Å². The fourth-order valence-electron chi connectivity index (χ4n) is 3.21. The Morgan fingerprint density at radius 2 is 0.889 bits per heavy atom. The summed E-state index contributed by atoms with van der Waals surface area (Å²) in [5, 5.41) is 13.5. The van der Waals surface area contributed by atoms with Gasteiger partial charge in [-0.25, -0.2) is 0 Å². The minimum absolute atomic E-state index is 0.311. The highest BCUT2D eigenvalue weighted by atomic mass is 31.1. The molecule has 0 aliphatic carbocycles. The van der Waals surface area contributed by atoms with Crippen LogP contribution in [0.1, 0.15) is 11.1 Å². The Balaban J connectivity index is 1.64. The number of aromatic hydroxyl groups is 1. The molecule has 0 aromatic heterocycles. The maximum Gasteiger partial charge on any atom is 0.115 e. The second-order valence-electron chi connectivity index (χ2n) is 6.52. The van der Waals surface area contributed by atoms with Crippen molar-refractivity contribution in [3.63, 3.8) is 0 Å². The predicted octanol–water partition coefficient (Wildman–Crippen LogP) is 4.74. The molecule has 0 atom stereocenters. The van der Waals surface area contributed by atoms with Crippen molar-refractivity contribution in [1.29, 1.82) is 0 Å². The van der Waals surface area contributed by atoms with E-state index in [2.05, 4.69) is 84.9 Å². The molecule has 4 aromatic carbocycles. The van der Waals surface area contributed by atoms with Crippen molar-refractivity contribution in [3.8, 4) is 5.75 Å². The van der Waals surface area contributed by atoms with E-state index < -0.39 is 7.92 Å².